The summed E-state index contributed by atoms with van der Waals surface area (Å²) in [5.74, 6) is -1.71. The predicted molar refractivity (Wildman–Crippen MR) is 106 cm³/mol. The maximum atomic E-state index is 13.0. The SMILES string of the molecule is Cc1cc(=O)c(C(=O)OCC(=O)c2ccc(Cl)cc2)nn1-c1cccc(C(F)(F)F)c1. The van der Waals surface area contributed by atoms with Gasteiger partial charge in [-0.1, -0.05) is 17.7 Å². The second-order valence-corrected chi connectivity index (χ2v) is 6.90. The number of esters is 1. The Hall–Kier alpha value is -3.46. The van der Waals surface area contributed by atoms with Gasteiger partial charge in [-0.3, -0.25) is 9.59 Å². The molecule has 1 aromatic heterocycles. The Kier molecular flexibility index (Phi) is 6.26. The minimum atomic E-state index is -4.58. The summed E-state index contributed by atoms with van der Waals surface area (Å²) in [6.45, 7) is 0.798. The van der Waals surface area contributed by atoms with Crippen LogP contribution in [0.1, 0.15) is 32.1 Å². The van der Waals surface area contributed by atoms with Crippen LogP contribution in [0.4, 0.5) is 13.2 Å². The lowest BCUT2D eigenvalue weighted by atomic mass is 10.1. The van der Waals surface area contributed by atoms with Gasteiger partial charge in [0.2, 0.25) is 11.1 Å². The zero-order chi connectivity index (χ0) is 22.8. The van der Waals surface area contributed by atoms with E-state index in [1.54, 1.807) is 0 Å². The summed E-state index contributed by atoms with van der Waals surface area (Å²) < 4.78 is 44.9. The van der Waals surface area contributed by atoms with Crippen molar-refractivity contribution in [3.63, 3.8) is 0 Å². The number of Topliss-reactive ketones (excluding diaryl/α,β-unsaturated/α-hetero) is 1. The lowest BCUT2D eigenvalue weighted by Crippen LogP contribution is -2.25. The Labute approximate surface area is 178 Å². The molecular formula is C21H14ClF3N2O4. The molecule has 0 amide bonds. The highest BCUT2D eigenvalue weighted by Gasteiger charge is 2.30. The summed E-state index contributed by atoms with van der Waals surface area (Å²) in [7, 11) is 0. The van der Waals surface area contributed by atoms with Crippen molar-refractivity contribution in [2.45, 2.75) is 13.1 Å². The van der Waals surface area contributed by atoms with Crippen LogP contribution >= 0.6 is 11.6 Å². The zero-order valence-electron chi connectivity index (χ0n) is 15.9. The molecule has 0 bridgehead atoms. The first-order chi connectivity index (χ1) is 14.6. The molecule has 2 aromatic carbocycles. The molecule has 3 rings (SSSR count). The molecule has 6 nitrogen and oxygen atoms in total. The standard InChI is InChI=1S/C21H14ClF3N2O4/c1-12-9-17(28)19(20(30)31-11-18(29)13-5-7-15(22)8-6-13)26-27(12)16-4-2-3-14(10-16)21(23,24)25/h2-10H,11H2,1H3. The highest BCUT2D eigenvalue weighted by atomic mass is 35.5. The van der Waals surface area contributed by atoms with Gasteiger partial charge in [-0.25, -0.2) is 9.48 Å². The normalized spacial score (nSPS) is 11.3. The van der Waals surface area contributed by atoms with Gasteiger partial charge in [0.1, 0.15) is 0 Å². The van der Waals surface area contributed by atoms with Crippen molar-refractivity contribution >= 4 is 23.4 Å². The van der Waals surface area contributed by atoms with Crippen molar-refractivity contribution in [3.05, 3.63) is 92.4 Å². The smallest absolute Gasteiger partial charge is 0.416 e. The Morgan fingerprint density at radius 2 is 1.77 bits per heavy atom. The molecule has 0 saturated heterocycles. The van der Waals surface area contributed by atoms with E-state index < -0.39 is 41.2 Å². The summed E-state index contributed by atoms with van der Waals surface area (Å²) in [6.07, 6.45) is -4.58. The van der Waals surface area contributed by atoms with Gasteiger partial charge in [0.05, 0.1) is 11.3 Å². The number of ketones is 1. The van der Waals surface area contributed by atoms with E-state index in [-0.39, 0.29) is 16.9 Å². The number of aromatic nitrogens is 2. The predicted octanol–water partition coefficient (Wildman–Crippen LogP) is 4.25. The molecule has 0 N–H and O–H groups in total. The lowest BCUT2D eigenvalue weighted by molar-refractivity contribution is -0.137. The number of aryl methyl sites for hydroxylation is 1. The summed E-state index contributed by atoms with van der Waals surface area (Å²) in [6, 6.07) is 11.2. The fraction of sp³-hybridized carbons (Fsp3) is 0.143. The van der Waals surface area contributed by atoms with E-state index in [2.05, 4.69) is 5.10 Å². The van der Waals surface area contributed by atoms with Crippen molar-refractivity contribution in [3.8, 4) is 5.69 Å². The van der Waals surface area contributed by atoms with Gasteiger partial charge < -0.3 is 4.74 Å². The Morgan fingerprint density at radius 1 is 1.10 bits per heavy atom. The third-order valence-electron chi connectivity index (χ3n) is 4.22. The number of carbonyl (C=O) groups excluding carboxylic acids is 2. The molecule has 160 valence electrons. The second kappa shape index (κ2) is 8.73. The summed E-state index contributed by atoms with van der Waals surface area (Å²) >= 11 is 5.75. The second-order valence-electron chi connectivity index (χ2n) is 6.46. The number of ether oxygens (including phenoxy) is 1. The zero-order valence-corrected chi connectivity index (χ0v) is 16.7. The summed E-state index contributed by atoms with van der Waals surface area (Å²) in [5, 5.41) is 4.28. The molecule has 0 atom stereocenters. The number of carbonyl (C=O) groups is 2. The average molecular weight is 451 g/mol. The maximum absolute atomic E-state index is 13.0. The van der Waals surface area contributed by atoms with Crippen molar-refractivity contribution in [1.82, 2.24) is 9.78 Å². The van der Waals surface area contributed by atoms with Gasteiger partial charge in [0.15, 0.2) is 12.4 Å². The van der Waals surface area contributed by atoms with E-state index in [9.17, 15) is 27.6 Å². The van der Waals surface area contributed by atoms with Crippen LogP contribution in [0.25, 0.3) is 5.69 Å². The van der Waals surface area contributed by atoms with E-state index in [4.69, 9.17) is 16.3 Å². The number of hydrogen-bond donors (Lipinski definition) is 0. The van der Waals surface area contributed by atoms with Gasteiger partial charge in [-0.2, -0.15) is 18.3 Å². The molecule has 0 aliphatic rings. The van der Waals surface area contributed by atoms with E-state index >= 15 is 0 Å². The van der Waals surface area contributed by atoms with Gasteiger partial charge in [0.25, 0.3) is 0 Å². The number of hydrogen-bond acceptors (Lipinski definition) is 5. The van der Waals surface area contributed by atoms with Gasteiger partial charge in [-0.15, -0.1) is 0 Å². The first-order valence-corrected chi connectivity index (χ1v) is 9.18. The molecule has 0 aliphatic heterocycles. The Morgan fingerprint density at radius 3 is 2.42 bits per heavy atom. The van der Waals surface area contributed by atoms with Crippen molar-refractivity contribution in [1.29, 1.82) is 0 Å². The molecule has 3 aromatic rings. The molecule has 0 unspecified atom stereocenters. The molecule has 0 saturated carbocycles. The van der Waals surface area contributed by atoms with E-state index in [0.29, 0.717) is 5.02 Å². The molecule has 10 heteroatoms. The van der Waals surface area contributed by atoms with Gasteiger partial charge >= 0.3 is 12.1 Å². The van der Waals surface area contributed by atoms with Crippen LogP contribution in [-0.4, -0.2) is 28.1 Å². The van der Waals surface area contributed by atoms with Crippen molar-refractivity contribution in [2.24, 2.45) is 0 Å². The molecule has 0 fully saturated rings. The number of rotatable bonds is 5. The number of alkyl halides is 3. The highest BCUT2D eigenvalue weighted by molar-refractivity contribution is 6.30. The van der Waals surface area contributed by atoms with E-state index in [1.165, 1.54) is 43.3 Å². The van der Waals surface area contributed by atoms with Gasteiger partial charge in [-0.05, 0) is 49.4 Å². The van der Waals surface area contributed by atoms with Crippen LogP contribution < -0.4 is 5.43 Å². The molecule has 0 spiro atoms. The van der Waals surface area contributed by atoms with E-state index in [1.807, 2.05) is 0 Å². The number of halogens is 4. The number of benzene rings is 2. The molecule has 0 radical (unpaired) electrons. The minimum Gasteiger partial charge on any atom is -0.452 e. The quantitative estimate of drug-likeness (QED) is 0.429. The topological polar surface area (TPSA) is 78.3 Å². The Bertz CT molecular complexity index is 1200. The molecule has 31 heavy (non-hydrogen) atoms. The van der Waals surface area contributed by atoms with Crippen LogP contribution in [0.3, 0.4) is 0 Å². The Balaban J connectivity index is 1.85. The first kappa shape index (κ1) is 22.2. The third-order valence-corrected chi connectivity index (χ3v) is 4.47. The highest BCUT2D eigenvalue weighted by Crippen LogP contribution is 2.30. The van der Waals surface area contributed by atoms with Crippen molar-refractivity contribution in [2.75, 3.05) is 6.61 Å². The fourth-order valence-electron chi connectivity index (χ4n) is 2.68. The third kappa shape index (κ3) is 5.18. The first-order valence-electron chi connectivity index (χ1n) is 8.81. The van der Waals surface area contributed by atoms with E-state index in [0.717, 1.165) is 22.9 Å². The van der Waals surface area contributed by atoms with Crippen LogP contribution in [0.5, 0.6) is 0 Å². The largest absolute Gasteiger partial charge is 0.452 e. The summed E-state index contributed by atoms with van der Waals surface area (Å²) in [5.41, 5.74) is -1.91. The monoisotopic (exact) mass is 450 g/mol. The molecule has 1 heterocycles. The molecule has 0 aliphatic carbocycles. The van der Waals surface area contributed by atoms with Crippen LogP contribution in [0.15, 0.2) is 59.4 Å². The maximum Gasteiger partial charge on any atom is 0.416 e. The van der Waals surface area contributed by atoms with Crippen molar-refractivity contribution < 1.29 is 27.5 Å². The van der Waals surface area contributed by atoms with Crippen LogP contribution in [0, 0.1) is 6.92 Å². The lowest BCUT2D eigenvalue weighted by Gasteiger charge is -2.13. The molecular weight excluding hydrogens is 437 g/mol. The van der Waals surface area contributed by atoms with Crippen LogP contribution in [-0.2, 0) is 10.9 Å². The number of nitrogens with zero attached hydrogens (tertiary/aromatic N) is 2. The van der Waals surface area contributed by atoms with Crippen LogP contribution in [0.2, 0.25) is 5.02 Å². The average Bonchev–Trinajstić information content (AvgIpc) is 2.72. The summed E-state index contributed by atoms with van der Waals surface area (Å²) in [4.78, 5) is 36.6. The van der Waals surface area contributed by atoms with Gasteiger partial charge in [0, 0.05) is 22.3 Å². The minimum absolute atomic E-state index is 0.00128. The fourth-order valence-corrected chi connectivity index (χ4v) is 2.81.